The predicted molar refractivity (Wildman–Crippen MR) is 71.6 cm³/mol. The Hall–Kier alpha value is -0.580. The summed E-state index contributed by atoms with van der Waals surface area (Å²) in [7, 11) is 1.80. The second-order valence-electron chi connectivity index (χ2n) is 3.63. The van der Waals surface area contributed by atoms with Crippen LogP contribution in [0.15, 0.2) is 11.4 Å². The van der Waals surface area contributed by atoms with E-state index in [1.807, 2.05) is 18.4 Å². The smallest absolute Gasteiger partial charge is 0.264 e. The van der Waals surface area contributed by atoms with Gasteiger partial charge in [-0.1, -0.05) is 6.92 Å². The minimum Gasteiger partial charge on any atom is -0.337 e. The standard InChI is InChI=1S/C11H18N2OS.ClH/c1-4-9-5-6-15-10(9)11(14)13(3)8(2)7-12;/h5-6,8H,4,7,12H2,1-3H3;1H. The molecule has 1 aromatic heterocycles. The van der Waals surface area contributed by atoms with Crippen molar-refractivity contribution >= 4 is 29.7 Å². The van der Waals surface area contributed by atoms with Gasteiger partial charge in [-0.3, -0.25) is 4.79 Å². The van der Waals surface area contributed by atoms with Gasteiger partial charge in [-0.2, -0.15) is 0 Å². The van der Waals surface area contributed by atoms with Crippen LogP contribution >= 0.6 is 23.7 Å². The Morgan fingerprint density at radius 3 is 2.75 bits per heavy atom. The SMILES string of the molecule is CCc1ccsc1C(=O)N(C)C(C)CN.Cl. The highest BCUT2D eigenvalue weighted by molar-refractivity contribution is 7.12. The third-order valence-electron chi connectivity index (χ3n) is 2.64. The fraction of sp³-hybridized carbons (Fsp3) is 0.545. The van der Waals surface area contributed by atoms with Gasteiger partial charge in [0.25, 0.3) is 5.91 Å². The topological polar surface area (TPSA) is 46.3 Å². The van der Waals surface area contributed by atoms with Crippen molar-refractivity contribution in [3.8, 4) is 0 Å². The van der Waals surface area contributed by atoms with Crippen molar-refractivity contribution in [3.05, 3.63) is 21.9 Å². The molecule has 0 radical (unpaired) electrons. The maximum atomic E-state index is 12.1. The molecule has 0 aromatic carbocycles. The quantitative estimate of drug-likeness (QED) is 0.904. The fourth-order valence-corrected chi connectivity index (χ4v) is 2.30. The number of carbonyl (C=O) groups excluding carboxylic acids is 1. The molecule has 0 spiro atoms. The number of aryl methyl sites for hydroxylation is 1. The van der Waals surface area contributed by atoms with Crippen LogP contribution in [0.3, 0.4) is 0 Å². The van der Waals surface area contributed by atoms with Crippen LogP contribution in [0.4, 0.5) is 0 Å². The van der Waals surface area contributed by atoms with Gasteiger partial charge < -0.3 is 10.6 Å². The van der Waals surface area contributed by atoms with E-state index in [-0.39, 0.29) is 24.4 Å². The Balaban J connectivity index is 0.00000225. The van der Waals surface area contributed by atoms with Gasteiger partial charge in [0.2, 0.25) is 0 Å². The predicted octanol–water partition coefficient (Wildman–Crippen LogP) is 2.15. The number of halogens is 1. The largest absolute Gasteiger partial charge is 0.337 e. The number of likely N-dealkylation sites (N-methyl/N-ethyl adjacent to an activating group) is 1. The molecule has 16 heavy (non-hydrogen) atoms. The lowest BCUT2D eigenvalue weighted by atomic mass is 10.2. The van der Waals surface area contributed by atoms with Gasteiger partial charge in [0.15, 0.2) is 0 Å². The van der Waals surface area contributed by atoms with Crippen molar-refractivity contribution in [2.24, 2.45) is 5.73 Å². The van der Waals surface area contributed by atoms with Gasteiger partial charge in [-0.15, -0.1) is 23.7 Å². The fourth-order valence-electron chi connectivity index (χ4n) is 1.32. The molecule has 1 aromatic rings. The van der Waals surface area contributed by atoms with Gasteiger partial charge in [-0.25, -0.2) is 0 Å². The first kappa shape index (κ1) is 15.4. The third kappa shape index (κ3) is 3.20. The molecule has 0 saturated heterocycles. The number of hydrogen-bond acceptors (Lipinski definition) is 3. The van der Waals surface area contributed by atoms with Gasteiger partial charge in [0, 0.05) is 19.6 Å². The van der Waals surface area contributed by atoms with Gasteiger partial charge >= 0.3 is 0 Å². The lowest BCUT2D eigenvalue weighted by Crippen LogP contribution is -2.39. The van der Waals surface area contributed by atoms with Crippen molar-refractivity contribution in [3.63, 3.8) is 0 Å². The highest BCUT2D eigenvalue weighted by Crippen LogP contribution is 2.19. The first-order valence-electron chi connectivity index (χ1n) is 5.15. The van der Waals surface area contributed by atoms with Crippen molar-refractivity contribution in [1.82, 2.24) is 4.90 Å². The zero-order valence-electron chi connectivity index (χ0n) is 9.90. The highest BCUT2D eigenvalue weighted by Gasteiger charge is 2.19. The van der Waals surface area contributed by atoms with Crippen molar-refractivity contribution in [1.29, 1.82) is 0 Å². The van der Waals surface area contributed by atoms with Gasteiger partial charge in [0.1, 0.15) is 0 Å². The zero-order chi connectivity index (χ0) is 11.4. The maximum Gasteiger partial charge on any atom is 0.264 e. The van der Waals surface area contributed by atoms with Crippen molar-refractivity contribution in [2.75, 3.05) is 13.6 Å². The average Bonchev–Trinajstić information content (AvgIpc) is 2.73. The monoisotopic (exact) mass is 262 g/mol. The number of amides is 1. The Morgan fingerprint density at radius 2 is 2.25 bits per heavy atom. The number of nitrogens with zero attached hydrogens (tertiary/aromatic N) is 1. The zero-order valence-corrected chi connectivity index (χ0v) is 11.5. The first-order valence-corrected chi connectivity index (χ1v) is 6.03. The molecular formula is C11H19ClN2OS. The summed E-state index contributed by atoms with van der Waals surface area (Å²) in [5.74, 6) is 0.0831. The Bertz CT molecular complexity index is 340. The summed E-state index contributed by atoms with van der Waals surface area (Å²) in [4.78, 5) is 14.6. The second kappa shape index (κ2) is 6.89. The van der Waals surface area contributed by atoms with Gasteiger partial charge in [0.05, 0.1) is 4.88 Å². The molecule has 0 aliphatic rings. The van der Waals surface area contributed by atoms with E-state index in [4.69, 9.17) is 5.73 Å². The molecule has 0 saturated carbocycles. The summed E-state index contributed by atoms with van der Waals surface area (Å²) in [5, 5.41) is 1.97. The molecule has 1 rings (SSSR count). The number of carbonyl (C=O) groups is 1. The van der Waals surface area contributed by atoms with E-state index in [1.54, 1.807) is 11.9 Å². The van der Waals surface area contributed by atoms with Crippen molar-refractivity contribution in [2.45, 2.75) is 26.3 Å². The van der Waals surface area contributed by atoms with E-state index in [9.17, 15) is 4.79 Å². The normalized spacial score (nSPS) is 11.8. The summed E-state index contributed by atoms with van der Waals surface area (Å²) in [6, 6.07) is 2.10. The minimum atomic E-state index is 0. The van der Waals surface area contributed by atoms with Crippen LogP contribution in [0.2, 0.25) is 0 Å². The molecule has 0 aliphatic heterocycles. The summed E-state index contributed by atoms with van der Waals surface area (Å²) in [6.07, 6.45) is 0.898. The van der Waals surface area contributed by atoms with E-state index < -0.39 is 0 Å². The third-order valence-corrected chi connectivity index (χ3v) is 3.59. The number of rotatable bonds is 4. The van der Waals surface area contributed by atoms with E-state index in [0.29, 0.717) is 6.54 Å². The van der Waals surface area contributed by atoms with Crippen LogP contribution < -0.4 is 5.73 Å². The van der Waals surface area contributed by atoms with Crippen molar-refractivity contribution < 1.29 is 4.79 Å². The van der Waals surface area contributed by atoms with Crippen LogP contribution in [0.25, 0.3) is 0 Å². The van der Waals surface area contributed by atoms with Crippen LogP contribution in [0.1, 0.15) is 29.1 Å². The molecule has 2 N–H and O–H groups in total. The lowest BCUT2D eigenvalue weighted by molar-refractivity contribution is 0.0752. The molecule has 0 aliphatic carbocycles. The molecular weight excluding hydrogens is 244 g/mol. The summed E-state index contributed by atoms with van der Waals surface area (Å²) in [5.41, 5.74) is 6.67. The van der Waals surface area contributed by atoms with Crippen LogP contribution in [-0.2, 0) is 6.42 Å². The lowest BCUT2D eigenvalue weighted by Gasteiger charge is -2.23. The number of thiophene rings is 1. The Morgan fingerprint density at radius 1 is 1.62 bits per heavy atom. The van der Waals surface area contributed by atoms with Crippen LogP contribution in [0.5, 0.6) is 0 Å². The van der Waals surface area contributed by atoms with Crippen LogP contribution in [-0.4, -0.2) is 30.4 Å². The summed E-state index contributed by atoms with van der Waals surface area (Å²) in [6.45, 7) is 4.51. The summed E-state index contributed by atoms with van der Waals surface area (Å²) < 4.78 is 0. The number of hydrogen-bond donors (Lipinski definition) is 1. The summed E-state index contributed by atoms with van der Waals surface area (Å²) >= 11 is 1.51. The number of nitrogens with two attached hydrogens (primary N) is 1. The van der Waals surface area contributed by atoms with E-state index in [0.717, 1.165) is 16.9 Å². The molecule has 1 heterocycles. The molecule has 1 amide bonds. The molecule has 3 nitrogen and oxygen atoms in total. The second-order valence-corrected chi connectivity index (χ2v) is 4.55. The van der Waals surface area contributed by atoms with Crippen LogP contribution in [0, 0.1) is 0 Å². The minimum absolute atomic E-state index is 0. The van der Waals surface area contributed by atoms with Gasteiger partial charge in [-0.05, 0) is 30.4 Å². The Kier molecular flexibility index (Phi) is 6.64. The van der Waals surface area contributed by atoms with E-state index in [1.165, 1.54) is 11.3 Å². The average molecular weight is 263 g/mol. The molecule has 5 heteroatoms. The Labute approximate surface area is 107 Å². The molecule has 0 fully saturated rings. The molecule has 92 valence electrons. The molecule has 0 bridgehead atoms. The first-order chi connectivity index (χ1) is 7.11. The van der Waals surface area contributed by atoms with E-state index >= 15 is 0 Å². The highest BCUT2D eigenvalue weighted by atomic mass is 35.5. The molecule has 1 atom stereocenters. The maximum absolute atomic E-state index is 12.1. The van der Waals surface area contributed by atoms with E-state index in [2.05, 4.69) is 6.92 Å². The molecule has 1 unspecified atom stereocenters.